The zero-order valence-corrected chi connectivity index (χ0v) is 9.47. The fourth-order valence-corrected chi connectivity index (χ4v) is 1.37. The van der Waals surface area contributed by atoms with Crippen LogP contribution in [0.2, 0.25) is 0 Å². The molecule has 0 spiro atoms. The Labute approximate surface area is 95.0 Å². The molecule has 1 aliphatic heterocycles. The SMILES string of the molecule is CC.O=CC1CN=C(c2ccccc2O)N1. The lowest BCUT2D eigenvalue weighted by molar-refractivity contribution is -0.108. The number of carbonyl (C=O) groups is 1. The smallest absolute Gasteiger partial charge is 0.144 e. The number of rotatable bonds is 2. The van der Waals surface area contributed by atoms with Gasteiger partial charge in [0.25, 0.3) is 0 Å². The lowest BCUT2D eigenvalue weighted by Crippen LogP contribution is -2.31. The number of nitrogens with zero attached hydrogens (tertiary/aromatic N) is 1. The maximum Gasteiger partial charge on any atom is 0.144 e. The van der Waals surface area contributed by atoms with Gasteiger partial charge in [-0.1, -0.05) is 26.0 Å². The summed E-state index contributed by atoms with van der Waals surface area (Å²) in [7, 11) is 0. The van der Waals surface area contributed by atoms with Gasteiger partial charge in [0.2, 0.25) is 0 Å². The molecule has 0 fully saturated rings. The van der Waals surface area contributed by atoms with Crippen molar-refractivity contribution in [1.82, 2.24) is 5.32 Å². The number of nitrogens with one attached hydrogen (secondary N) is 1. The number of aromatic hydroxyl groups is 1. The van der Waals surface area contributed by atoms with Gasteiger partial charge < -0.3 is 15.2 Å². The number of phenolic OH excluding ortho intramolecular Hbond substituents is 1. The Kier molecular flexibility index (Phi) is 4.51. The highest BCUT2D eigenvalue weighted by Gasteiger charge is 2.19. The van der Waals surface area contributed by atoms with Gasteiger partial charge in [-0.25, -0.2) is 0 Å². The normalized spacial score (nSPS) is 17.9. The van der Waals surface area contributed by atoms with Crippen LogP contribution in [0, 0.1) is 0 Å². The van der Waals surface area contributed by atoms with E-state index in [2.05, 4.69) is 10.3 Å². The van der Waals surface area contributed by atoms with Crippen LogP contribution in [0.25, 0.3) is 0 Å². The van der Waals surface area contributed by atoms with Crippen LogP contribution in [0.3, 0.4) is 0 Å². The zero-order valence-electron chi connectivity index (χ0n) is 9.47. The Hall–Kier alpha value is -1.84. The highest BCUT2D eigenvalue weighted by Crippen LogP contribution is 2.17. The van der Waals surface area contributed by atoms with Crippen LogP contribution in [-0.2, 0) is 4.79 Å². The fourth-order valence-electron chi connectivity index (χ4n) is 1.37. The van der Waals surface area contributed by atoms with E-state index in [1.807, 2.05) is 19.9 Å². The summed E-state index contributed by atoms with van der Waals surface area (Å²) in [6.07, 6.45) is 0.816. The van der Waals surface area contributed by atoms with Gasteiger partial charge in [-0.05, 0) is 12.1 Å². The third-order valence-corrected chi connectivity index (χ3v) is 2.09. The van der Waals surface area contributed by atoms with Crippen LogP contribution in [0.5, 0.6) is 5.75 Å². The van der Waals surface area contributed by atoms with Crippen molar-refractivity contribution in [2.24, 2.45) is 4.99 Å². The zero-order chi connectivity index (χ0) is 12.0. The van der Waals surface area contributed by atoms with Crippen LogP contribution >= 0.6 is 0 Å². The highest BCUT2D eigenvalue weighted by molar-refractivity contribution is 6.03. The molecule has 1 aliphatic rings. The molecule has 2 N–H and O–H groups in total. The second kappa shape index (κ2) is 5.90. The van der Waals surface area contributed by atoms with E-state index in [-0.39, 0.29) is 11.8 Å². The highest BCUT2D eigenvalue weighted by atomic mass is 16.3. The van der Waals surface area contributed by atoms with Crippen LogP contribution in [0.15, 0.2) is 29.3 Å². The molecule has 0 saturated carbocycles. The second-order valence-corrected chi connectivity index (χ2v) is 3.09. The summed E-state index contributed by atoms with van der Waals surface area (Å²) in [5, 5.41) is 12.4. The average Bonchev–Trinajstić information content (AvgIpc) is 2.81. The van der Waals surface area contributed by atoms with Crippen molar-refractivity contribution in [2.45, 2.75) is 19.9 Å². The summed E-state index contributed by atoms with van der Waals surface area (Å²) < 4.78 is 0. The van der Waals surface area contributed by atoms with E-state index < -0.39 is 0 Å². The molecule has 0 radical (unpaired) electrons. The quantitative estimate of drug-likeness (QED) is 0.739. The van der Waals surface area contributed by atoms with Crippen molar-refractivity contribution >= 4 is 12.1 Å². The molecular weight excluding hydrogens is 204 g/mol. The fraction of sp³-hybridized carbons (Fsp3) is 0.333. The number of hydrogen-bond acceptors (Lipinski definition) is 4. The summed E-state index contributed by atoms with van der Waals surface area (Å²) in [6, 6.07) is 6.64. The number of aldehydes is 1. The number of benzene rings is 1. The first-order chi connectivity index (χ1) is 7.81. The number of aliphatic imine (C=N–C) groups is 1. The number of amidine groups is 1. The Morgan fingerprint density at radius 2 is 2.12 bits per heavy atom. The molecule has 1 unspecified atom stereocenters. The molecule has 1 heterocycles. The molecule has 0 bridgehead atoms. The first-order valence-corrected chi connectivity index (χ1v) is 5.36. The van der Waals surface area contributed by atoms with Crippen molar-refractivity contribution in [1.29, 1.82) is 0 Å². The number of para-hydroxylation sites is 1. The molecule has 86 valence electrons. The van der Waals surface area contributed by atoms with Gasteiger partial charge in [0.15, 0.2) is 0 Å². The molecule has 4 nitrogen and oxygen atoms in total. The molecule has 2 rings (SSSR count). The lowest BCUT2D eigenvalue weighted by Gasteiger charge is -2.06. The first-order valence-electron chi connectivity index (χ1n) is 5.36. The molecule has 0 saturated heterocycles. The maximum atomic E-state index is 10.5. The third kappa shape index (κ3) is 2.59. The van der Waals surface area contributed by atoms with Gasteiger partial charge in [0, 0.05) is 0 Å². The number of carbonyl (C=O) groups excluding carboxylic acids is 1. The summed E-state index contributed by atoms with van der Waals surface area (Å²) >= 11 is 0. The van der Waals surface area contributed by atoms with Gasteiger partial charge >= 0.3 is 0 Å². The van der Waals surface area contributed by atoms with E-state index in [1.54, 1.807) is 18.2 Å². The largest absolute Gasteiger partial charge is 0.507 e. The minimum atomic E-state index is -0.260. The topological polar surface area (TPSA) is 61.7 Å². The minimum absolute atomic E-state index is 0.172. The molecule has 16 heavy (non-hydrogen) atoms. The van der Waals surface area contributed by atoms with Crippen molar-refractivity contribution in [3.05, 3.63) is 29.8 Å². The number of hydrogen-bond donors (Lipinski definition) is 2. The van der Waals surface area contributed by atoms with Crippen LogP contribution in [0.1, 0.15) is 19.4 Å². The monoisotopic (exact) mass is 220 g/mol. The van der Waals surface area contributed by atoms with Crippen LogP contribution in [-0.4, -0.2) is 29.8 Å². The molecule has 0 aliphatic carbocycles. The minimum Gasteiger partial charge on any atom is -0.507 e. The van der Waals surface area contributed by atoms with Gasteiger partial charge in [0.05, 0.1) is 12.1 Å². The Morgan fingerprint density at radius 1 is 1.44 bits per heavy atom. The van der Waals surface area contributed by atoms with E-state index in [9.17, 15) is 9.90 Å². The third-order valence-electron chi connectivity index (χ3n) is 2.09. The van der Waals surface area contributed by atoms with Crippen LogP contribution < -0.4 is 5.32 Å². The van der Waals surface area contributed by atoms with Crippen molar-refractivity contribution in [2.75, 3.05) is 6.54 Å². The maximum absolute atomic E-state index is 10.5. The molecule has 1 aromatic carbocycles. The van der Waals surface area contributed by atoms with Crippen molar-refractivity contribution in [3.8, 4) is 5.75 Å². The molecule has 1 aromatic rings. The summed E-state index contributed by atoms with van der Waals surface area (Å²) in [4.78, 5) is 14.6. The van der Waals surface area contributed by atoms with E-state index in [0.717, 1.165) is 6.29 Å². The van der Waals surface area contributed by atoms with Gasteiger partial charge in [-0.3, -0.25) is 4.99 Å². The standard InChI is InChI=1S/C10H10N2O2.C2H6/c13-6-7-5-11-10(12-7)8-3-1-2-4-9(8)14;1-2/h1-4,6-7,14H,5H2,(H,11,12);1-2H3. The molecular formula is C12H16N2O2. The molecule has 1 atom stereocenters. The van der Waals surface area contributed by atoms with Gasteiger partial charge in [0.1, 0.15) is 23.9 Å². The summed E-state index contributed by atoms with van der Waals surface area (Å²) in [5.41, 5.74) is 0.636. The first kappa shape index (κ1) is 12.2. The molecule has 0 aromatic heterocycles. The Bertz CT molecular complexity index is 388. The predicted molar refractivity (Wildman–Crippen MR) is 63.8 cm³/mol. The molecule has 4 heteroatoms. The Morgan fingerprint density at radius 3 is 2.69 bits per heavy atom. The van der Waals surface area contributed by atoms with Crippen molar-refractivity contribution < 1.29 is 9.90 Å². The Balaban J connectivity index is 0.000000606. The second-order valence-electron chi connectivity index (χ2n) is 3.09. The lowest BCUT2D eigenvalue weighted by atomic mass is 10.2. The number of phenols is 1. The van der Waals surface area contributed by atoms with E-state index >= 15 is 0 Å². The summed E-state index contributed by atoms with van der Waals surface area (Å²) in [6.45, 7) is 4.44. The average molecular weight is 220 g/mol. The van der Waals surface area contributed by atoms with Crippen molar-refractivity contribution in [3.63, 3.8) is 0 Å². The summed E-state index contributed by atoms with van der Waals surface area (Å²) in [5.74, 6) is 0.755. The van der Waals surface area contributed by atoms with Crippen LogP contribution in [0.4, 0.5) is 0 Å². The predicted octanol–water partition coefficient (Wildman–Crippen LogP) is 1.34. The molecule has 0 amide bonds. The van der Waals surface area contributed by atoms with E-state index in [0.29, 0.717) is 17.9 Å². The van der Waals surface area contributed by atoms with E-state index in [1.165, 1.54) is 0 Å². The van der Waals surface area contributed by atoms with Gasteiger partial charge in [-0.15, -0.1) is 0 Å². The van der Waals surface area contributed by atoms with Gasteiger partial charge in [-0.2, -0.15) is 0 Å². The van der Waals surface area contributed by atoms with E-state index in [4.69, 9.17) is 0 Å².